The number of aromatic nitrogens is 1. The van der Waals surface area contributed by atoms with Crippen LogP contribution in [0.25, 0.3) is 0 Å². The molecule has 2 aliphatic rings. The molecule has 1 aliphatic heterocycles. The van der Waals surface area contributed by atoms with Gasteiger partial charge in [-0.15, -0.1) is 0 Å². The van der Waals surface area contributed by atoms with Crippen molar-refractivity contribution in [3.8, 4) is 0 Å². The molecule has 1 aliphatic carbocycles. The van der Waals surface area contributed by atoms with Crippen molar-refractivity contribution < 1.29 is 4.79 Å². The average Bonchev–Trinajstić information content (AvgIpc) is 3.27. The number of hydrogen-bond donors (Lipinski definition) is 1. The number of hydrogen-bond acceptors (Lipinski definition) is 4. The second-order valence-electron chi connectivity index (χ2n) is 6.05. The number of nitrogens with two attached hydrogens (primary N) is 1. The number of nitrogens with zero attached hydrogens (tertiary/aromatic N) is 3. The van der Waals surface area contributed by atoms with Gasteiger partial charge in [-0.05, 0) is 24.8 Å². The highest BCUT2D eigenvalue weighted by Gasteiger charge is 2.27. The zero-order chi connectivity index (χ0) is 14.8. The summed E-state index contributed by atoms with van der Waals surface area (Å²) in [5.74, 6) is 0.881. The molecule has 1 saturated heterocycles. The second-order valence-corrected chi connectivity index (χ2v) is 6.05. The minimum absolute atomic E-state index is 0.00577. The zero-order valence-corrected chi connectivity index (χ0v) is 12.2. The summed E-state index contributed by atoms with van der Waals surface area (Å²) in [6.07, 6.45) is 4.25. The first kappa shape index (κ1) is 14.1. The van der Waals surface area contributed by atoms with E-state index in [4.69, 9.17) is 5.73 Å². The van der Waals surface area contributed by atoms with Gasteiger partial charge in [-0.1, -0.05) is 0 Å². The summed E-state index contributed by atoms with van der Waals surface area (Å²) in [4.78, 5) is 28.3. The van der Waals surface area contributed by atoms with E-state index in [-0.39, 0.29) is 18.0 Å². The molecular weight excluding hydrogens is 268 g/mol. The molecule has 114 valence electrons. The molecule has 2 fully saturated rings. The Bertz CT molecular complexity index is 571. The average molecular weight is 290 g/mol. The molecule has 0 radical (unpaired) electrons. The third-order valence-corrected chi connectivity index (χ3v) is 4.25. The molecule has 3 rings (SSSR count). The molecule has 21 heavy (non-hydrogen) atoms. The highest BCUT2D eigenvalue weighted by atomic mass is 16.2. The van der Waals surface area contributed by atoms with Crippen LogP contribution in [0.1, 0.15) is 12.8 Å². The van der Waals surface area contributed by atoms with Crippen LogP contribution in [-0.2, 0) is 11.3 Å². The fourth-order valence-corrected chi connectivity index (χ4v) is 2.76. The van der Waals surface area contributed by atoms with Crippen molar-refractivity contribution in [3.63, 3.8) is 0 Å². The minimum atomic E-state index is -0.190. The number of rotatable bonds is 4. The van der Waals surface area contributed by atoms with Gasteiger partial charge in [0.25, 0.3) is 5.56 Å². The summed E-state index contributed by atoms with van der Waals surface area (Å²) in [6.45, 7) is 4.64. The Hall–Kier alpha value is -1.82. The molecule has 0 aromatic carbocycles. The van der Waals surface area contributed by atoms with Crippen LogP contribution >= 0.6 is 0 Å². The summed E-state index contributed by atoms with van der Waals surface area (Å²) in [6, 6.07) is 2.95. The van der Waals surface area contributed by atoms with E-state index >= 15 is 0 Å². The first-order valence-electron chi connectivity index (χ1n) is 7.58. The molecule has 1 amide bonds. The van der Waals surface area contributed by atoms with Crippen LogP contribution in [-0.4, -0.2) is 53.0 Å². The van der Waals surface area contributed by atoms with Crippen LogP contribution in [0.3, 0.4) is 0 Å². The number of pyridine rings is 1. The van der Waals surface area contributed by atoms with Crippen molar-refractivity contribution in [2.75, 3.05) is 38.5 Å². The number of nitrogen functional groups attached to an aromatic ring is 1. The van der Waals surface area contributed by atoms with Crippen LogP contribution in [0.2, 0.25) is 0 Å². The maximum Gasteiger partial charge on any atom is 0.251 e. The van der Waals surface area contributed by atoms with Gasteiger partial charge in [0.2, 0.25) is 5.91 Å². The number of carbonyl (C=O) groups excluding carboxylic acids is 1. The van der Waals surface area contributed by atoms with Gasteiger partial charge >= 0.3 is 0 Å². The lowest BCUT2D eigenvalue weighted by Gasteiger charge is -2.34. The van der Waals surface area contributed by atoms with Crippen LogP contribution in [0.15, 0.2) is 23.1 Å². The number of carbonyl (C=O) groups is 1. The van der Waals surface area contributed by atoms with E-state index in [1.165, 1.54) is 36.2 Å². The van der Waals surface area contributed by atoms with E-state index in [0.717, 1.165) is 32.1 Å². The zero-order valence-electron chi connectivity index (χ0n) is 12.2. The molecule has 0 unspecified atom stereocenters. The Morgan fingerprint density at radius 3 is 2.57 bits per heavy atom. The Labute approximate surface area is 124 Å². The van der Waals surface area contributed by atoms with Gasteiger partial charge in [-0.3, -0.25) is 14.5 Å². The Balaban J connectivity index is 1.54. The van der Waals surface area contributed by atoms with E-state index in [2.05, 4.69) is 4.90 Å². The number of piperazine rings is 1. The van der Waals surface area contributed by atoms with E-state index in [9.17, 15) is 9.59 Å². The number of amides is 1. The van der Waals surface area contributed by atoms with Crippen molar-refractivity contribution in [2.24, 2.45) is 5.92 Å². The van der Waals surface area contributed by atoms with Crippen molar-refractivity contribution in [1.82, 2.24) is 14.4 Å². The first-order chi connectivity index (χ1) is 10.1. The molecule has 1 aromatic heterocycles. The van der Waals surface area contributed by atoms with E-state index in [1.54, 1.807) is 6.07 Å². The van der Waals surface area contributed by atoms with Crippen molar-refractivity contribution in [2.45, 2.75) is 19.4 Å². The van der Waals surface area contributed by atoms with Gasteiger partial charge in [0.15, 0.2) is 0 Å². The normalized spacial score (nSPS) is 19.7. The minimum Gasteiger partial charge on any atom is -0.398 e. The van der Waals surface area contributed by atoms with E-state index in [1.807, 2.05) is 4.90 Å². The van der Waals surface area contributed by atoms with Gasteiger partial charge < -0.3 is 15.2 Å². The fourth-order valence-electron chi connectivity index (χ4n) is 2.76. The largest absolute Gasteiger partial charge is 0.398 e. The summed E-state index contributed by atoms with van der Waals surface area (Å²) in [5, 5.41) is 0. The van der Waals surface area contributed by atoms with Crippen LogP contribution in [0.5, 0.6) is 0 Å². The lowest BCUT2D eigenvalue weighted by molar-refractivity contribution is -0.133. The maximum absolute atomic E-state index is 12.3. The van der Waals surface area contributed by atoms with Crippen LogP contribution < -0.4 is 11.3 Å². The molecule has 1 aromatic rings. The monoisotopic (exact) mass is 290 g/mol. The third-order valence-electron chi connectivity index (χ3n) is 4.25. The van der Waals surface area contributed by atoms with Gasteiger partial charge in [-0.2, -0.15) is 0 Å². The Morgan fingerprint density at radius 2 is 1.90 bits per heavy atom. The van der Waals surface area contributed by atoms with Crippen molar-refractivity contribution in [3.05, 3.63) is 28.7 Å². The fraction of sp³-hybridized carbons (Fsp3) is 0.600. The molecule has 0 atom stereocenters. The smallest absolute Gasteiger partial charge is 0.251 e. The lowest BCUT2D eigenvalue weighted by atomic mass is 10.2. The summed E-state index contributed by atoms with van der Waals surface area (Å²) < 4.78 is 1.38. The SMILES string of the molecule is Nc1ccc(=O)n(CC(=O)N2CCN(CC3CC3)CC2)c1. The molecular formula is C15H22N4O2. The maximum atomic E-state index is 12.3. The van der Waals surface area contributed by atoms with Crippen LogP contribution in [0, 0.1) is 5.92 Å². The predicted octanol–water partition coefficient (Wildman–Crippen LogP) is -0.0153. The first-order valence-corrected chi connectivity index (χ1v) is 7.58. The van der Waals surface area contributed by atoms with Gasteiger partial charge in [0.05, 0.1) is 0 Å². The molecule has 6 nitrogen and oxygen atoms in total. The summed E-state index contributed by atoms with van der Waals surface area (Å²) in [7, 11) is 0. The standard InChI is InChI=1S/C15H22N4O2/c16-13-3-4-14(20)19(10-13)11-15(21)18-7-5-17(6-8-18)9-12-1-2-12/h3-4,10,12H,1-2,5-9,11,16H2. The number of anilines is 1. The third kappa shape index (κ3) is 3.64. The molecule has 0 bridgehead atoms. The Kier molecular flexibility index (Phi) is 3.96. The lowest BCUT2D eigenvalue weighted by Crippen LogP contribution is -2.50. The molecule has 1 saturated carbocycles. The van der Waals surface area contributed by atoms with Crippen molar-refractivity contribution in [1.29, 1.82) is 0 Å². The molecule has 6 heteroatoms. The molecule has 2 heterocycles. The predicted molar refractivity (Wildman–Crippen MR) is 80.9 cm³/mol. The highest BCUT2D eigenvalue weighted by Crippen LogP contribution is 2.29. The van der Waals surface area contributed by atoms with Crippen LogP contribution in [0.4, 0.5) is 5.69 Å². The summed E-state index contributed by atoms with van der Waals surface area (Å²) >= 11 is 0. The topological polar surface area (TPSA) is 71.6 Å². The Morgan fingerprint density at radius 1 is 1.19 bits per heavy atom. The van der Waals surface area contributed by atoms with Gasteiger partial charge in [0.1, 0.15) is 6.54 Å². The van der Waals surface area contributed by atoms with E-state index in [0.29, 0.717) is 5.69 Å². The van der Waals surface area contributed by atoms with Crippen molar-refractivity contribution >= 4 is 11.6 Å². The van der Waals surface area contributed by atoms with Gasteiger partial charge in [0, 0.05) is 50.7 Å². The summed E-state index contributed by atoms with van der Waals surface area (Å²) in [5.41, 5.74) is 5.97. The van der Waals surface area contributed by atoms with Gasteiger partial charge in [-0.25, -0.2) is 0 Å². The van der Waals surface area contributed by atoms with E-state index < -0.39 is 0 Å². The molecule has 0 spiro atoms. The molecule has 2 N–H and O–H groups in total. The quantitative estimate of drug-likeness (QED) is 0.846. The highest BCUT2D eigenvalue weighted by molar-refractivity contribution is 5.76. The second kappa shape index (κ2) is 5.89.